The van der Waals surface area contributed by atoms with E-state index in [0.717, 1.165) is 11.1 Å². The first kappa shape index (κ1) is 19.0. The normalized spacial score (nSPS) is 23.1. The Hall–Kier alpha value is -3.34. The summed E-state index contributed by atoms with van der Waals surface area (Å²) in [6.07, 6.45) is 0. The fraction of sp³-hybridized carbons (Fsp3) is 0.250. The first-order chi connectivity index (χ1) is 14.1. The smallest absolute Gasteiger partial charge is 0.339 e. The van der Waals surface area contributed by atoms with Gasteiger partial charge in [0.1, 0.15) is 11.5 Å². The van der Waals surface area contributed by atoms with E-state index < -0.39 is 5.63 Å². The molecule has 5 heteroatoms. The zero-order valence-corrected chi connectivity index (χ0v) is 16.3. The average molecular weight is 390 g/mol. The summed E-state index contributed by atoms with van der Waals surface area (Å²) < 4.78 is 16.0. The molecule has 4 rings (SSSR count). The number of benzene rings is 2. The minimum Gasteiger partial charge on any atom is -0.496 e. The zero-order valence-electron chi connectivity index (χ0n) is 16.3. The van der Waals surface area contributed by atoms with E-state index in [1.165, 1.54) is 20.3 Å². The third kappa shape index (κ3) is 3.44. The highest BCUT2D eigenvalue weighted by atomic mass is 16.5. The van der Waals surface area contributed by atoms with Gasteiger partial charge in [-0.05, 0) is 11.1 Å². The molecule has 0 aliphatic heterocycles. The summed E-state index contributed by atoms with van der Waals surface area (Å²) in [7, 11) is 2.92. The number of esters is 1. The van der Waals surface area contributed by atoms with Gasteiger partial charge in [-0.25, -0.2) is 4.79 Å². The summed E-state index contributed by atoms with van der Waals surface area (Å²) in [6.45, 7) is 0. The second kappa shape index (κ2) is 7.95. The molecule has 5 nitrogen and oxygen atoms in total. The van der Waals surface area contributed by atoms with Crippen LogP contribution in [0.2, 0.25) is 0 Å². The second-order valence-corrected chi connectivity index (χ2v) is 7.17. The Bertz CT molecular complexity index is 994. The molecule has 0 spiro atoms. The molecule has 148 valence electrons. The van der Waals surface area contributed by atoms with Crippen molar-refractivity contribution in [3.05, 3.63) is 100 Å². The third-order valence-electron chi connectivity index (χ3n) is 5.72. The lowest BCUT2D eigenvalue weighted by Gasteiger charge is -2.50. The van der Waals surface area contributed by atoms with Crippen LogP contribution in [0.15, 0.2) is 82.0 Å². The Morgan fingerprint density at radius 2 is 1.38 bits per heavy atom. The van der Waals surface area contributed by atoms with Gasteiger partial charge in [0.05, 0.1) is 26.2 Å². The summed E-state index contributed by atoms with van der Waals surface area (Å²) in [6, 6.07) is 22.7. The van der Waals surface area contributed by atoms with Crippen molar-refractivity contribution < 1.29 is 18.7 Å². The van der Waals surface area contributed by atoms with Gasteiger partial charge in [-0.3, -0.25) is 4.79 Å². The fourth-order valence-electron chi connectivity index (χ4n) is 4.47. The monoisotopic (exact) mass is 390 g/mol. The summed E-state index contributed by atoms with van der Waals surface area (Å²) in [5.74, 6) is -0.256. The van der Waals surface area contributed by atoms with E-state index >= 15 is 0 Å². The van der Waals surface area contributed by atoms with Crippen molar-refractivity contribution in [2.75, 3.05) is 14.2 Å². The van der Waals surface area contributed by atoms with Crippen LogP contribution in [0.4, 0.5) is 0 Å². The maximum absolute atomic E-state index is 12.8. The van der Waals surface area contributed by atoms with Gasteiger partial charge in [0.15, 0.2) is 0 Å². The summed E-state index contributed by atoms with van der Waals surface area (Å²) in [5, 5.41) is 0. The molecular weight excluding hydrogens is 368 g/mol. The summed E-state index contributed by atoms with van der Waals surface area (Å²) in [5.41, 5.74) is 1.54. The molecule has 1 aliphatic carbocycles. The van der Waals surface area contributed by atoms with Gasteiger partial charge in [0.25, 0.3) is 0 Å². The van der Waals surface area contributed by atoms with Crippen LogP contribution >= 0.6 is 0 Å². The van der Waals surface area contributed by atoms with Gasteiger partial charge in [0.2, 0.25) is 0 Å². The third-order valence-corrected chi connectivity index (χ3v) is 5.72. The number of hydrogen-bond acceptors (Lipinski definition) is 5. The van der Waals surface area contributed by atoms with Crippen LogP contribution in [0.3, 0.4) is 0 Å². The molecule has 29 heavy (non-hydrogen) atoms. The molecule has 0 N–H and O–H groups in total. The number of methoxy groups -OCH3 is 2. The molecule has 1 aliphatic rings. The topological polar surface area (TPSA) is 65.7 Å². The van der Waals surface area contributed by atoms with Crippen LogP contribution in [0.1, 0.15) is 34.6 Å². The molecule has 1 fully saturated rings. The predicted octanol–water partition coefficient (Wildman–Crippen LogP) is 4.10. The minimum absolute atomic E-state index is 0.177. The molecule has 0 saturated heterocycles. The highest BCUT2D eigenvalue weighted by molar-refractivity contribution is 5.78. The molecule has 0 unspecified atom stereocenters. The molecule has 1 aromatic heterocycles. The van der Waals surface area contributed by atoms with E-state index in [4.69, 9.17) is 13.9 Å². The highest BCUT2D eigenvalue weighted by Crippen LogP contribution is 2.62. The second-order valence-electron chi connectivity index (χ2n) is 7.17. The first-order valence-corrected chi connectivity index (χ1v) is 9.51. The van der Waals surface area contributed by atoms with Gasteiger partial charge in [-0.15, -0.1) is 0 Å². The number of hydrogen-bond donors (Lipinski definition) is 0. The van der Waals surface area contributed by atoms with E-state index in [2.05, 4.69) is 0 Å². The van der Waals surface area contributed by atoms with Crippen molar-refractivity contribution in [1.82, 2.24) is 0 Å². The molecular formula is C24H22O5. The maximum atomic E-state index is 12.8. The number of ether oxygens (including phenoxy) is 2. The Labute approximate surface area is 168 Å². The predicted molar refractivity (Wildman–Crippen MR) is 108 cm³/mol. The summed E-state index contributed by atoms with van der Waals surface area (Å²) in [4.78, 5) is 24.9. The van der Waals surface area contributed by atoms with Gasteiger partial charge < -0.3 is 13.9 Å². The number of carbonyl (C=O) groups is 1. The van der Waals surface area contributed by atoms with Crippen LogP contribution < -0.4 is 10.4 Å². The van der Waals surface area contributed by atoms with E-state index in [9.17, 15) is 9.59 Å². The van der Waals surface area contributed by atoms with Gasteiger partial charge in [0, 0.05) is 23.8 Å². The Kier molecular flexibility index (Phi) is 5.21. The van der Waals surface area contributed by atoms with Crippen molar-refractivity contribution in [2.24, 2.45) is 5.92 Å². The quantitative estimate of drug-likeness (QED) is 0.614. The molecule has 0 bridgehead atoms. The molecule has 1 heterocycles. The fourth-order valence-corrected chi connectivity index (χ4v) is 4.47. The van der Waals surface area contributed by atoms with Crippen molar-refractivity contribution in [1.29, 1.82) is 0 Å². The van der Waals surface area contributed by atoms with Crippen LogP contribution in [0, 0.1) is 5.92 Å². The lowest BCUT2D eigenvalue weighted by atomic mass is 9.52. The van der Waals surface area contributed by atoms with Crippen molar-refractivity contribution in [3.8, 4) is 5.75 Å². The van der Waals surface area contributed by atoms with Gasteiger partial charge in [-0.1, -0.05) is 60.7 Å². The lowest BCUT2D eigenvalue weighted by Crippen LogP contribution is -2.46. The van der Waals surface area contributed by atoms with E-state index in [1.807, 2.05) is 60.7 Å². The Balaban J connectivity index is 1.88. The van der Waals surface area contributed by atoms with Crippen molar-refractivity contribution >= 4 is 5.97 Å². The number of rotatable bonds is 5. The van der Waals surface area contributed by atoms with Crippen molar-refractivity contribution in [3.63, 3.8) is 0 Å². The maximum Gasteiger partial charge on any atom is 0.339 e. The lowest BCUT2D eigenvalue weighted by molar-refractivity contribution is -0.152. The van der Waals surface area contributed by atoms with Gasteiger partial charge in [-0.2, -0.15) is 0 Å². The number of carbonyl (C=O) groups excluding carboxylic acids is 1. The molecule has 0 radical (unpaired) electrons. The average Bonchev–Trinajstić information content (AvgIpc) is 2.74. The molecule has 1 saturated carbocycles. The largest absolute Gasteiger partial charge is 0.496 e. The van der Waals surface area contributed by atoms with Crippen LogP contribution in [-0.4, -0.2) is 20.2 Å². The molecule has 2 atom stereocenters. The van der Waals surface area contributed by atoms with Crippen LogP contribution in [-0.2, 0) is 9.53 Å². The minimum atomic E-state index is -0.473. The highest BCUT2D eigenvalue weighted by Gasteiger charge is 2.57. The zero-order chi connectivity index (χ0) is 20.4. The first-order valence-electron chi connectivity index (χ1n) is 9.51. The summed E-state index contributed by atoms with van der Waals surface area (Å²) >= 11 is 0. The molecule has 0 amide bonds. The van der Waals surface area contributed by atoms with E-state index in [-0.39, 0.29) is 29.6 Å². The van der Waals surface area contributed by atoms with E-state index in [1.54, 1.807) is 6.07 Å². The SMILES string of the molecule is COC(=O)C1[C@@H](c2ccccc2)C(c2cc(OC)cc(=O)o2)[C@@H]1c1ccccc1. The Morgan fingerprint density at radius 1 is 0.828 bits per heavy atom. The van der Waals surface area contributed by atoms with E-state index in [0.29, 0.717) is 11.5 Å². The Morgan fingerprint density at radius 3 is 1.86 bits per heavy atom. The van der Waals surface area contributed by atoms with Crippen LogP contribution in [0.25, 0.3) is 0 Å². The van der Waals surface area contributed by atoms with Crippen LogP contribution in [0.5, 0.6) is 5.75 Å². The molecule has 2 aromatic carbocycles. The van der Waals surface area contributed by atoms with Gasteiger partial charge >= 0.3 is 11.6 Å². The van der Waals surface area contributed by atoms with Crippen molar-refractivity contribution in [2.45, 2.75) is 17.8 Å². The standard InChI is InChI=1S/C24H22O5/c1-27-17-13-18(29-19(25)14-17)22-20(15-9-5-3-6-10-15)23(24(26)28-2)21(22)16-11-7-4-8-12-16/h3-14,20-23H,1-2H3/t20-,21-,22?,23?/m0/s1. The molecule has 3 aromatic rings.